The van der Waals surface area contributed by atoms with Crippen LogP contribution in [0.4, 0.5) is 0 Å². The molecule has 1 heterocycles. The molecule has 0 unspecified atom stereocenters. The van der Waals surface area contributed by atoms with Crippen LogP contribution in [0.5, 0.6) is 5.75 Å². The molecule has 1 aromatic carbocycles. The molecular weight excluding hydrogens is 276 g/mol. The highest BCUT2D eigenvalue weighted by molar-refractivity contribution is 7.81. The first kappa shape index (κ1) is 14.0. The van der Waals surface area contributed by atoms with Gasteiger partial charge in [0, 0.05) is 12.6 Å². The standard InChI is InChI=1S/C14H16N2OS2/c1-2-10-5-3-4-6-11(10)17-8-7-13-16-9-12(19-13)14(15)18/h3-6,9H,2,7-8H2,1H3,(H2,15,18). The van der Waals surface area contributed by atoms with E-state index in [0.29, 0.717) is 11.6 Å². The zero-order chi connectivity index (χ0) is 13.7. The van der Waals surface area contributed by atoms with Gasteiger partial charge in [-0.15, -0.1) is 11.3 Å². The number of aromatic nitrogens is 1. The summed E-state index contributed by atoms with van der Waals surface area (Å²) in [4.78, 5) is 5.55. The van der Waals surface area contributed by atoms with E-state index in [1.165, 1.54) is 16.9 Å². The Kier molecular flexibility index (Phi) is 4.87. The van der Waals surface area contributed by atoms with Crippen LogP contribution in [-0.4, -0.2) is 16.6 Å². The fourth-order valence-electron chi connectivity index (χ4n) is 1.72. The molecule has 0 fully saturated rings. The van der Waals surface area contributed by atoms with E-state index < -0.39 is 0 Å². The van der Waals surface area contributed by atoms with Gasteiger partial charge in [0.1, 0.15) is 10.7 Å². The molecular formula is C14H16N2OS2. The molecule has 0 bridgehead atoms. The summed E-state index contributed by atoms with van der Waals surface area (Å²) in [5, 5.41) is 0.997. The summed E-state index contributed by atoms with van der Waals surface area (Å²) in [5.41, 5.74) is 6.78. The number of aryl methyl sites for hydroxylation is 1. The van der Waals surface area contributed by atoms with E-state index in [1.54, 1.807) is 6.20 Å². The average molecular weight is 292 g/mol. The van der Waals surface area contributed by atoms with Crippen molar-refractivity contribution in [2.24, 2.45) is 5.73 Å². The lowest BCUT2D eigenvalue weighted by Gasteiger charge is -2.09. The van der Waals surface area contributed by atoms with E-state index in [1.807, 2.05) is 18.2 Å². The highest BCUT2D eigenvalue weighted by Gasteiger charge is 2.05. The molecule has 0 amide bonds. The Hall–Kier alpha value is -1.46. The van der Waals surface area contributed by atoms with Crippen LogP contribution in [0.25, 0.3) is 0 Å². The second kappa shape index (κ2) is 6.63. The van der Waals surface area contributed by atoms with Crippen molar-refractivity contribution < 1.29 is 4.74 Å². The van der Waals surface area contributed by atoms with Gasteiger partial charge in [0.05, 0.1) is 16.5 Å². The maximum absolute atomic E-state index is 5.80. The number of thiazole rings is 1. The molecule has 0 aliphatic carbocycles. The van der Waals surface area contributed by atoms with Crippen molar-refractivity contribution in [2.75, 3.05) is 6.61 Å². The van der Waals surface area contributed by atoms with E-state index in [9.17, 15) is 0 Å². The number of thiocarbonyl (C=S) groups is 1. The van der Waals surface area contributed by atoms with E-state index in [-0.39, 0.29) is 0 Å². The number of nitrogens with two attached hydrogens (primary N) is 1. The first-order valence-corrected chi connectivity index (χ1v) is 7.38. The molecule has 3 nitrogen and oxygen atoms in total. The predicted molar refractivity (Wildman–Crippen MR) is 83.0 cm³/mol. The van der Waals surface area contributed by atoms with Crippen LogP contribution < -0.4 is 10.5 Å². The number of ether oxygens (including phenoxy) is 1. The van der Waals surface area contributed by atoms with Gasteiger partial charge in [-0.3, -0.25) is 0 Å². The number of para-hydroxylation sites is 1. The molecule has 2 rings (SSSR count). The monoisotopic (exact) mass is 292 g/mol. The molecule has 0 saturated carbocycles. The summed E-state index contributed by atoms with van der Waals surface area (Å²) in [6.45, 7) is 2.73. The summed E-state index contributed by atoms with van der Waals surface area (Å²) in [6, 6.07) is 8.11. The number of rotatable bonds is 6. The molecule has 0 radical (unpaired) electrons. The van der Waals surface area contributed by atoms with E-state index in [0.717, 1.165) is 28.5 Å². The summed E-state index contributed by atoms with van der Waals surface area (Å²) in [6.07, 6.45) is 3.46. The van der Waals surface area contributed by atoms with Crippen molar-refractivity contribution in [1.82, 2.24) is 4.98 Å². The van der Waals surface area contributed by atoms with Gasteiger partial charge in [0.15, 0.2) is 0 Å². The molecule has 2 aromatic rings. The van der Waals surface area contributed by atoms with Crippen LogP contribution in [0.2, 0.25) is 0 Å². The number of hydrogen-bond acceptors (Lipinski definition) is 4. The van der Waals surface area contributed by atoms with Gasteiger partial charge in [-0.1, -0.05) is 37.3 Å². The van der Waals surface area contributed by atoms with Crippen LogP contribution in [0.1, 0.15) is 22.4 Å². The Morgan fingerprint density at radius 2 is 2.21 bits per heavy atom. The number of benzene rings is 1. The minimum atomic E-state index is 0.404. The highest BCUT2D eigenvalue weighted by atomic mass is 32.1. The number of nitrogens with zero attached hydrogens (tertiary/aromatic N) is 1. The van der Waals surface area contributed by atoms with Gasteiger partial charge in [0.25, 0.3) is 0 Å². The maximum Gasteiger partial charge on any atom is 0.122 e. The third-order valence-electron chi connectivity index (χ3n) is 2.72. The lowest BCUT2D eigenvalue weighted by atomic mass is 10.1. The zero-order valence-electron chi connectivity index (χ0n) is 10.8. The quantitative estimate of drug-likeness (QED) is 0.832. The Morgan fingerprint density at radius 1 is 1.42 bits per heavy atom. The minimum Gasteiger partial charge on any atom is -0.493 e. The molecule has 1 aromatic heterocycles. The summed E-state index contributed by atoms with van der Waals surface area (Å²) >= 11 is 6.44. The second-order valence-electron chi connectivity index (χ2n) is 4.04. The van der Waals surface area contributed by atoms with E-state index in [4.69, 9.17) is 22.7 Å². The number of hydrogen-bond donors (Lipinski definition) is 1. The Bertz CT molecular complexity index is 566. The SMILES string of the molecule is CCc1ccccc1OCCc1ncc(C(N)=S)s1. The van der Waals surface area contributed by atoms with Gasteiger partial charge in [-0.05, 0) is 18.1 Å². The molecule has 19 heavy (non-hydrogen) atoms. The normalized spacial score (nSPS) is 10.4. The third kappa shape index (κ3) is 3.75. The fraction of sp³-hybridized carbons (Fsp3) is 0.286. The van der Waals surface area contributed by atoms with Crippen molar-refractivity contribution in [1.29, 1.82) is 0 Å². The van der Waals surface area contributed by atoms with E-state index in [2.05, 4.69) is 18.0 Å². The third-order valence-corrected chi connectivity index (χ3v) is 4.16. The van der Waals surface area contributed by atoms with Gasteiger partial charge in [-0.25, -0.2) is 4.98 Å². The van der Waals surface area contributed by atoms with Gasteiger partial charge >= 0.3 is 0 Å². The molecule has 2 N–H and O–H groups in total. The Labute approximate surface area is 122 Å². The second-order valence-corrected chi connectivity index (χ2v) is 5.60. The van der Waals surface area contributed by atoms with Gasteiger partial charge < -0.3 is 10.5 Å². The fourth-order valence-corrected chi connectivity index (χ4v) is 2.65. The zero-order valence-corrected chi connectivity index (χ0v) is 12.4. The molecule has 0 atom stereocenters. The van der Waals surface area contributed by atoms with Crippen molar-refractivity contribution >= 4 is 28.5 Å². The lowest BCUT2D eigenvalue weighted by molar-refractivity contribution is 0.318. The lowest BCUT2D eigenvalue weighted by Crippen LogP contribution is -2.06. The van der Waals surface area contributed by atoms with Crippen molar-refractivity contribution in [3.63, 3.8) is 0 Å². The van der Waals surface area contributed by atoms with Crippen LogP contribution in [0, 0.1) is 0 Å². The van der Waals surface area contributed by atoms with Crippen molar-refractivity contribution in [2.45, 2.75) is 19.8 Å². The Morgan fingerprint density at radius 3 is 2.89 bits per heavy atom. The van der Waals surface area contributed by atoms with Gasteiger partial charge in [-0.2, -0.15) is 0 Å². The van der Waals surface area contributed by atoms with Gasteiger partial charge in [0.2, 0.25) is 0 Å². The Balaban J connectivity index is 1.90. The first-order chi connectivity index (χ1) is 9.20. The molecule has 0 spiro atoms. The minimum absolute atomic E-state index is 0.404. The predicted octanol–water partition coefficient (Wildman–Crippen LogP) is 2.96. The largest absolute Gasteiger partial charge is 0.493 e. The van der Waals surface area contributed by atoms with Crippen LogP contribution in [0.3, 0.4) is 0 Å². The summed E-state index contributed by atoms with van der Waals surface area (Å²) in [7, 11) is 0. The van der Waals surface area contributed by atoms with Crippen molar-refractivity contribution in [3.05, 3.63) is 45.9 Å². The van der Waals surface area contributed by atoms with Crippen LogP contribution in [0.15, 0.2) is 30.5 Å². The molecule has 0 saturated heterocycles. The molecule has 100 valence electrons. The highest BCUT2D eigenvalue weighted by Crippen LogP contribution is 2.19. The smallest absolute Gasteiger partial charge is 0.122 e. The van der Waals surface area contributed by atoms with E-state index >= 15 is 0 Å². The summed E-state index contributed by atoms with van der Waals surface area (Å²) in [5.74, 6) is 0.955. The topological polar surface area (TPSA) is 48.1 Å². The average Bonchev–Trinajstić information content (AvgIpc) is 2.88. The van der Waals surface area contributed by atoms with Crippen LogP contribution in [-0.2, 0) is 12.8 Å². The molecule has 0 aliphatic rings. The van der Waals surface area contributed by atoms with Crippen molar-refractivity contribution in [3.8, 4) is 5.75 Å². The maximum atomic E-state index is 5.80. The molecule has 0 aliphatic heterocycles. The summed E-state index contributed by atoms with van der Waals surface area (Å²) < 4.78 is 5.80. The first-order valence-electron chi connectivity index (χ1n) is 6.16. The molecule has 5 heteroatoms. The van der Waals surface area contributed by atoms with Crippen LogP contribution >= 0.6 is 23.6 Å².